The largest absolute Gasteiger partial charge is 0.378 e. The number of hydrogen-bond acceptors (Lipinski definition) is 5. The van der Waals surface area contributed by atoms with Crippen molar-refractivity contribution in [2.45, 2.75) is 6.54 Å². The highest BCUT2D eigenvalue weighted by Crippen LogP contribution is 2.25. The first-order valence-electron chi connectivity index (χ1n) is 9.36. The van der Waals surface area contributed by atoms with E-state index in [-0.39, 0.29) is 5.82 Å². The fourth-order valence-corrected chi connectivity index (χ4v) is 4.27. The fraction of sp³-hybridized carbons (Fsp3) is 0.286. The molecule has 146 valence electrons. The molecule has 5 nitrogen and oxygen atoms in total. The molecule has 0 radical (unpaired) electrons. The van der Waals surface area contributed by atoms with E-state index in [1.165, 1.54) is 29.2 Å². The van der Waals surface area contributed by atoms with Crippen LogP contribution < -0.4 is 15.4 Å². The molecule has 1 aromatic heterocycles. The van der Waals surface area contributed by atoms with Gasteiger partial charge in [-0.05, 0) is 35.9 Å². The van der Waals surface area contributed by atoms with E-state index in [1.807, 2.05) is 0 Å². The molecule has 1 saturated heterocycles. The molecule has 0 amide bonds. The number of ether oxygens (including phenoxy) is 1. The lowest BCUT2D eigenvalue weighted by Crippen LogP contribution is -2.36. The first-order valence-corrected chi connectivity index (χ1v) is 10.2. The van der Waals surface area contributed by atoms with E-state index in [4.69, 9.17) is 10.5 Å². The maximum atomic E-state index is 13.5. The molecular weight excluding hydrogens is 375 g/mol. The summed E-state index contributed by atoms with van der Waals surface area (Å²) in [5.41, 5.74) is 9.83. The fourth-order valence-electron chi connectivity index (χ4n) is 3.32. The molecule has 2 heterocycles. The van der Waals surface area contributed by atoms with Crippen molar-refractivity contribution in [2.24, 2.45) is 10.7 Å². The molecule has 0 atom stereocenters. The van der Waals surface area contributed by atoms with E-state index in [2.05, 4.69) is 44.1 Å². The summed E-state index contributed by atoms with van der Waals surface area (Å²) in [6, 6.07) is 14.9. The molecule has 0 aliphatic carbocycles. The van der Waals surface area contributed by atoms with E-state index in [0.717, 1.165) is 42.4 Å². The molecule has 1 aliphatic heterocycles. The van der Waals surface area contributed by atoms with Crippen molar-refractivity contribution in [1.29, 1.82) is 0 Å². The average Bonchev–Trinajstić information content (AvgIpc) is 3.11. The zero-order valence-electron chi connectivity index (χ0n) is 15.6. The van der Waals surface area contributed by atoms with Crippen LogP contribution in [0.2, 0.25) is 0 Å². The second-order valence-electron chi connectivity index (χ2n) is 6.58. The Morgan fingerprint density at radius 2 is 1.89 bits per heavy atom. The quantitative estimate of drug-likeness (QED) is 0.717. The number of halogens is 1. The van der Waals surface area contributed by atoms with Crippen molar-refractivity contribution in [3.63, 3.8) is 0 Å². The van der Waals surface area contributed by atoms with Gasteiger partial charge in [0.1, 0.15) is 5.82 Å². The number of anilines is 1. The van der Waals surface area contributed by atoms with Gasteiger partial charge in [-0.2, -0.15) is 0 Å². The minimum absolute atomic E-state index is 0.290. The summed E-state index contributed by atoms with van der Waals surface area (Å²) in [4.78, 5) is 7.76. The second kappa shape index (κ2) is 8.68. The van der Waals surface area contributed by atoms with Gasteiger partial charge in [0, 0.05) is 37.2 Å². The Balaban J connectivity index is 1.67. The van der Waals surface area contributed by atoms with Crippen molar-refractivity contribution in [2.75, 3.05) is 37.7 Å². The van der Waals surface area contributed by atoms with Crippen LogP contribution in [-0.2, 0) is 11.3 Å². The molecule has 0 saturated carbocycles. The molecule has 0 spiro atoms. The molecule has 2 aromatic carbocycles. The number of nitrogens with zero attached hydrogens (tertiary/aromatic N) is 3. The van der Waals surface area contributed by atoms with Gasteiger partial charge in [0.25, 0.3) is 0 Å². The zero-order valence-corrected chi connectivity index (χ0v) is 16.4. The average molecular weight is 399 g/mol. The van der Waals surface area contributed by atoms with Crippen LogP contribution in [0.4, 0.5) is 15.8 Å². The standard InChI is InChI=1S/C21H23FN4OS/c22-17-2-1-3-18(14-17)24-21-26(9-8-23)20(15-28-21)16-4-6-19(7-5-16)25-10-12-27-13-11-25/h1-7,14-15H,8-13,23H2. The number of thiazole rings is 1. The molecule has 28 heavy (non-hydrogen) atoms. The highest BCUT2D eigenvalue weighted by molar-refractivity contribution is 7.07. The van der Waals surface area contributed by atoms with Gasteiger partial charge in [0.05, 0.1) is 24.6 Å². The zero-order chi connectivity index (χ0) is 19.3. The van der Waals surface area contributed by atoms with Crippen molar-refractivity contribution >= 4 is 22.7 Å². The van der Waals surface area contributed by atoms with Crippen molar-refractivity contribution < 1.29 is 9.13 Å². The molecule has 3 aromatic rings. The molecule has 2 N–H and O–H groups in total. The Morgan fingerprint density at radius 1 is 1.11 bits per heavy atom. The van der Waals surface area contributed by atoms with Gasteiger partial charge in [-0.1, -0.05) is 18.2 Å². The lowest BCUT2D eigenvalue weighted by atomic mass is 10.1. The van der Waals surface area contributed by atoms with E-state index < -0.39 is 0 Å². The predicted octanol–water partition coefficient (Wildman–Crippen LogP) is 3.38. The third kappa shape index (κ3) is 4.16. The third-order valence-electron chi connectivity index (χ3n) is 4.72. The molecule has 0 unspecified atom stereocenters. The van der Waals surface area contributed by atoms with Crippen LogP contribution in [0, 0.1) is 5.82 Å². The molecule has 7 heteroatoms. The van der Waals surface area contributed by atoms with Crippen LogP contribution in [0.15, 0.2) is 58.9 Å². The van der Waals surface area contributed by atoms with E-state index >= 15 is 0 Å². The summed E-state index contributed by atoms with van der Waals surface area (Å²) >= 11 is 1.54. The number of morpholine rings is 1. The second-order valence-corrected chi connectivity index (χ2v) is 7.42. The number of nitrogens with two attached hydrogens (primary N) is 1. The molecule has 1 aliphatic rings. The van der Waals surface area contributed by atoms with Crippen LogP contribution in [0.3, 0.4) is 0 Å². The van der Waals surface area contributed by atoms with Gasteiger partial charge in [-0.3, -0.25) is 0 Å². The normalized spacial score (nSPS) is 15.2. The van der Waals surface area contributed by atoms with Crippen molar-refractivity contribution in [3.8, 4) is 11.3 Å². The molecule has 4 rings (SSSR count). The van der Waals surface area contributed by atoms with Gasteiger partial charge < -0.3 is 19.9 Å². The summed E-state index contributed by atoms with van der Waals surface area (Å²) < 4.78 is 21.0. The first-order chi connectivity index (χ1) is 13.7. The van der Waals surface area contributed by atoms with Crippen LogP contribution in [-0.4, -0.2) is 37.4 Å². The van der Waals surface area contributed by atoms with Gasteiger partial charge in [0.15, 0.2) is 4.80 Å². The first kappa shape index (κ1) is 18.9. The topological polar surface area (TPSA) is 55.8 Å². The number of aromatic nitrogens is 1. The summed E-state index contributed by atoms with van der Waals surface area (Å²) in [6.07, 6.45) is 0. The Hall–Kier alpha value is -2.48. The number of rotatable bonds is 5. The van der Waals surface area contributed by atoms with Gasteiger partial charge in [-0.15, -0.1) is 11.3 Å². The Bertz CT molecular complexity index is 990. The number of hydrogen-bond donors (Lipinski definition) is 1. The van der Waals surface area contributed by atoms with Crippen molar-refractivity contribution in [1.82, 2.24) is 4.57 Å². The SMILES string of the molecule is NCCn1c(-c2ccc(N3CCOCC3)cc2)csc1=Nc1cccc(F)c1. The number of benzene rings is 2. The Labute approximate surface area is 167 Å². The lowest BCUT2D eigenvalue weighted by Gasteiger charge is -2.28. The highest BCUT2D eigenvalue weighted by atomic mass is 32.1. The van der Waals surface area contributed by atoms with Gasteiger partial charge in [-0.25, -0.2) is 9.38 Å². The van der Waals surface area contributed by atoms with Crippen LogP contribution in [0.1, 0.15) is 0 Å². The van der Waals surface area contributed by atoms with Crippen LogP contribution in [0.25, 0.3) is 11.3 Å². The highest BCUT2D eigenvalue weighted by Gasteiger charge is 2.12. The minimum Gasteiger partial charge on any atom is -0.378 e. The summed E-state index contributed by atoms with van der Waals surface area (Å²) in [7, 11) is 0. The monoisotopic (exact) mass is 398 g/mol. The predicted molar refractivity (Wildman–Crippen MR) is 111 cm³/mol. The maximum absolute atomic E-state index is 13.5. The lowest BCUT2D eigenvalue weighted by molar-refractivity contribution is 0.122. The third-order valence-corrected chi connectivity index (χ3v) is 5.59. The molecular formula is C21H23FN4OS. The van der Waals surface area contributed by atoms with E-state index in [1.54, 1.807) is 12.1 Å². The van der Waals surface area contributed by atoms with Gasteiger partial charge in [0.2, 0.25) is 0 Å². The Kier molecular flexibility index (Phi) is 5.85. The summed E-state index contributed by atoms with van der Waals surface area (Å²) in [6.45, 7) is 4.54. The summed E-state index contributed by atoms with van der Waals surface area (Å²) in [5.74, 6) is -0.290. The van der Waals surface area contributed by atoms with Crippen molar-refractivity contribution in [3.05, 3.63) is 64.5 Å². The minimum atomic E-state index is -0.290. The Morgan fingerprint density at radius 3 is 2.61 bits per heavy atom. The van der Waals surface area contributed by atoms with Crippen LogP contribution >= 0.6 is 11.3 Å². The molecule has 1 fully saturated rings. The maximum Gasteiger partial charge on any atom is 0.190 e. The van der Waals surface area contributed by atoms with E-state index in [0.29, 0.717) is 18.8 Å². The van der Waals surface area contributed by atoms with Gasteiger partial charge >= 0.3 is 0 Å². The van der Waals surface area contributed by atoms with E-state index in [9.17, 15) is 4.39 Å². The van der Waals surface area contributed by atoms with Crippen LogP contribution in [0.5, 0.6) is 0 Å². The smallest absolute Gasteiger partial charge is 0.190 e. The molecule has 0 bridgehead atoms. The summed E-state index contributed by atoms with van der Waals surface area (Å²) in [5, 5.41) is 2.08.